The third-order valence-corrected chi connectivity index (χ3v) is 4.02. The Kier molecular flexibility index (Phi) is 4.18. The van der Waals surface area contributed by atoms with Crippen LogP contribution in [0.25, 0.3) is 0 Å². The van der Waals surface area contributed by atoms with Gasteiger partial charge < -0.3 is 4.90 Å². The van der Waals surface area contributed by atoms with Gasteiger partial charge in [-0.25, -0.2) is 0 Å². The van der Waals surface area contributed by atoms with E-state index in [2.05, 4.69) is 15.1 Å². The Bertz CT molecular complexity index is 666. The molecule has 1 fully saturated rings. The molecule has 0 N–H and O–H groups in total. The molecule has 2 aromatic rings. The van der Waals surface area contributed by atoms with Gasteiger partial charge in [-0.15, -0.1) is 0 Å². The van der Waals surface area contributed by atoms with E-state index < -0.39 is 0 Å². The molecule has 6 heteroatoms. The molecule has 1 saturated heterocycles. The van der Waals surface area contributed by atoms with Crippen molar-refractivity contribution in [3.05, 3.63) is 41.7 Å². The zero-order chi connectivity index (χ0) is 15.5. The summed E-state index contributed by atoms with van der Waals surface area (Å²) in [5, 5.41) is 4.32. The largest absolute Gasteiger partial charge is 0.334 e. The fraction of sp³-hybridized carbons (Fsp3) is 0.500. The van der Waals surface area contributed by atoms with Crippen LogP contribution in [0.3, 0.4) is 0 Å². The zero-order valence-corrected chi connectivity index (χ0v) is 13.1. The van der Waals surface area contributed by atoms with Crippen LogP contribution in [0.4, 0.5) is 0 Å². The third-order valence-electron chi connectivity index (χ3n) is 4.02. The third kappa shape index (κ3) is 3.16. The molecule has 1 aliphatic heterocycles. The molecule has 3 heterocycles. The van der Waals surface area contributed by atoms with Gasteiger partial charge in [-0.3, -0.25) is 19.4 Å². The maximum Gasteiger partial charge on any atom is 0.225 e. The summed E-state index contributed by atoms with van der Waals surface area (Å²) in [5.41, 5.74) is 2.77. The summed E-state index contributed by atoms with van der Waals surface area (Å²) in [6.45, 7) is 5.30. The fourth-order valence-electron chi connectivity index (χ4n) is 2.96. The average molecular weight is 299 g/mol. The minimum absolute atomic E-state index is 0.0688. The Hall–Kier alpha value is -2.24. The van der Waals surface area contributed by atoms with Crippen LogP contribution in [0.2, 0.25) is 0 Å². The minimum atomic E-state index is 0.0688. The van der Waals surface area contributed by atoms with Gasteiger partial charge in [-0.2, -0.15) is 5.10 Å². The highest BCUT2D eigenvalue weighted by molar-refractivity contribution is 5.76. The summed E-state index contributed by atoms with van der Waals surface area (Å²) in [6.07, 6.45) is 7.88. The van der Waals surface area contributed by atoms with E-state index in [-0.39, 0.29) is 11.9 Å². The van der Waals surface area contributed by atoms with Crippen LogP contribution in [0.15, 0.2) is 24.7 Å². The van der Waals surface area contributed by atoms with Crippen LogP contribution < -0.4 is 0 Å². The lowest BCUT2D eigenvalue weighted by Crippen LogP contribution is -2.31. The van der Waals surface area contributed by atoms with Crippen molar-refractivity contribution in [2.45, 2.75) is 45.7 Å². The molecule has 0 spiro atoms. The van der Waals surface area contributed by atoms with E-state index in [1.54, 1.807) is 12.4 Å². The van der Waals surface area contributed by atoms with Crippen molar-refractivity contribution in [3.8, 4) is 0 Å². The van der Waals surface area contributed by atoms with Gasteiger partial charge in [0.05, 0.1) is 29.3 Å². The normalized spacial score (nSPS) is 17.9. The smallest absolute Gasteiger partial charge is 0.225 e. The maximum atomic E-state index is 12.5. The van der Waals surface area contributed by atoms with Gasteiger partial charge >= 0.3 is 0 Å². The molecule has 1 amide bonds. The topological polar surface area (TPSA) is 63.9 Å². The van der Waals surface area contributed by atoms with Gasteiger partial charge in [0, 0.05) is 31.9 Å². The number of aromatic nitrogens is 4. The van der Waals surface area contributed by atoms with Crippen molar-refractivity contribution in [1.29, 1.82) is 0 Å². The Morgan fingerprint density at radius 2 is 2.18 bits per heavy atom. The quantitative estimate of drug-likeness (QED) is 0.866. The van der Waals surface area contributed by atoms with E-state index >= 15 is 0 Å². The SMILES string of the molecule is Cc1cncc(C2CCCN2C(=O)CCn2ccc(C)n2)n1. The van der Waals surface area contributed by atoms with Gasteiger partial charge in [0.2, 0.25) is 5.91 Å². The number of likely N-dealkylation sites (tertiary alicyclic amines) is 1. The maximum absolute atomic E-state index is 12.5. The van der Waals surface area contributed by atoms with Crippen LogP contribution in [0, 0.1) is 13.8 Å². The number of carbonyl (C=O) groups excluding carboxylic acids is 1. The lowest BCUT2D eigenvalue weighted by Gasteiger charge is -2.24. The predicted molar refractivity (Wildman–Crippen MR) is 82.0 cm³/mol. The van der Waals surface area contributed by atoms with Crippen molar-refractivity contribution in [3.63, 3.8) is 0 Å². The van der Waals surface area contributed by atoms with E-state index in [1.165, 1.54) is 0 Å². The molecule has 0 aliphatic carbocycles. The Morgan fingerprint density at radius 1 is 1.32 bits per heavy atom. The first-order valence-electron chi connectivity index (χ1n) is 7.71. The van der Waals surface area contributed by atoms with Crippen LogP contribution in [0.5, 0.6) is 0 Å². The van der Waals surface area contributed by atoms with E-state index in [0.29, 0.717) is 13.0 Å². The molecule has 0 bridgehead atoms. The molecule has 1 unspecified atom stereocenters. The molecule has 1 atom stereocenters. The number of amides is 1. The van der Waals surface area contributed by atoms with Gasteiger partial charge in [-0.05, 0) is 32.8 Å². The van der Waals surface area contributed by atoms with Crippen molar-refractivity contribution in [2.24, 2.45) is 0 Å². The molecule has 2 aromatic heterocycles. The summed E-state index contributed by atoms with van der Waals surface area (Å²) >= 11 is 0. The molecular formula is C16H21N5O. The van der Waals surface area contributed by atoms with Crippen LogP contribution >= 0.6 is 0 Å². The highest BCUT2D eigenvalue weighted by Crippen LogP contribution is 2.31. The average Bonchev–Trinajstić information content (AvgIpc) is 3.13. The summed E-state index contributed by atoms with van der Waals surface area (Å²) in [5.74, 6) is 0.166. The summed E-state index contributed by atoms with van der Waals surface area (Å²) in [4.78, 5) is 23.2. The Morgan fingerprint density at radius 3 is 2.91 bits per heavy atom. The number of nitrogens with zero attached hydrogens (tertiary/aromatic N) is 5. The number of hydrogen-bond acceptors (Lipinski definition) is 4. The summed E-state index contributed by atoms with van der Waals surface area (Å²) in [7, 11) is 0. The second-order valence-electron chi connectivity index (χ2n) is 5.80. The second-order valence-corrected chi connectivity index (χ2v) is 5.80. The van der Waals surface area contributed by atoms with Gasteiger partial charge in [0.25, 0.3) is 0 Å². The lowest BCUT2D eigenvalue weighted by atomic mass is 10.1. The van der Waals surface area contributed by atoms with E-state index in [0.717, 1.165) is 36.5 Å². The molecule has 6 nitrogen and oxygen atoms in total. The Labute approximate surface area is 130 Å². The van der Waals surface area contributed by atoms with Crippen molar-refractivity contribution >= 4 is 5.91 Å². The number of carbonyl (C=O) groups is 1. The Balaban J connectivity index is 1.66. The standard InChI is InChI=1S/C16H21N5O/c1-12-5-8-20(19-12)9-6-16(22)21-7-3-4-15(21)14-11-17-10-13(2)18-14/h5,8,10-11,15H,3-4,6-7,9H2,1-2H3. The van der Waals surface area contributed by atoms with Gasteiger partial charge in [0.1, 0.15) is 0 Å². The predicted octanol–water partition coefficient (Wildman–Crippen LogP) is 2.04. The van der Waals surface area contributed by atoms with Crippen molar-refractivity contribution in [2.75, 3.05) is 6.54 Å². The first-order valence-corrected chi connectivity index (χ1v) is 7.71. The van der Waals surface area contributed by atoms with Crippen molar-refractivity contribution in [1.82, 2.24) is 24.6 Å². The van der Waals surface area contributed by atoms with Gasteiger partial charge in [0.15, 0.2) is 0 Å². The minimum Gasteiger partial charge on any atom is -0.334 e. The lowest BCUT2D eigenvalue weighted by molar-refractivity contribution is -0.132. The zero-order valence-electron chi connectivity index (χ0n) is 13.1. The molecule has 0 aromatic carbocycles. The molecule has 0 radical (unpaired) electrons. The number of aryl methyl sites for hydroxylation is 3. The monoisotopic (exact) mass is 299 g/mol. The summed E-state index contributed by atoms with van der Waals surface area (Å²) in [6, 6.07) is 2.02. The highest BCUT2D eigenvalue weighted by atomic mass is 16.2. The molecule has 0 saturated carbocycles. The highest BCUT2D eigenvalue weighted by Gasteiger charge is 2.30. The molecule has 116 valence electrons. The first kappa shape index (κ1) is 14.7. The van der Waals surface area contributed by atoms with E-state index in [1.807, 2.05) is 35.7 Å². The summed E-state index contributed by atoms with van der Waals surface area (Å²) < 4.78 is 1.82. The number of hydrogen-bond donors (Lipinski definition) is 0. The molecule has 22 heavy (non-hydrogen) atoms. The van der Waals surface area contributed by atoms with Crippen LogP contribution in [-0.4, -0.2) is 37.1 Å². The fourth-order valence-corrected chi connectivity index (χ4v) is 2.96. The number of rotatable bonds is 4. The van der Waals surface area contributed by atoms with E-state index in [4.69, 9.17) is 0 Å². The van der Waals surface area contributed by atoms with Crippen molar-refractivity contribution < 1.29 is 4.79 Å². The van der Waals surface area contributed by atoms with Crippen LogP contribution in [-0.2, 0) is 11.3 Å². The van der Waals surface area contributed by atoms with E-state index in [9.17, 15) is 4.79 Å². The molecular weight excluding hydrogens is 278 g/mol. The second kappa shape index (κ2) is 6.25. The molecule has 3 rings (SSSR count). The van der Waals surface area contributed by atoms with Crippen LogP contribution in [0.1, 0.15) is 42.4 Å². The molecule has 1 aliphatic rings. The van der Waals surface area contributed by atoms with Gasteiger partial charge in [-0.1, -0.05) is 0 Å². The first-order chi connectivity index (χ1) is 10.6.